The highest BCUT2D eigenvalue weighted by Crippen LogP contribution is 2.34. The molecule has 2 aromatic rings. The van der Waals surface area contributed by atoms with Gasteiger partial charge in [-0.25, -0.2) is 5.43 Å². The Morgan fingerprint density at radius 3 is 3.00 bits per heavy atom. The first-order valence-corrected chi connectivity index (χ1v) is 7.25. The molecule has 10 nitrogen and oxygen atoms in total. The first-order chi connectivity index (χ1) is 11.4. The number of carbonyl (C=O) groups excluding carboxylic acids is 1. The summed E-state index contributed by atoms with van der Waals surface area (Å²) in [5.74, 6) is -0.297. The molecular formula is C13H12BrN5O5. The number of methoxy groups -OCH3 is 1. The number of nitrogens with zero attached hydrogens (tertiary/aromatic N) is 4. The fourth-order valence-electron chi connectivity index (χ4n) is 1.72. The third-order valence-electron chi connectivity index (χ3n) is 2.81. The molecule has 0 unspecified atom stereocenters. The summed E-state index contributed by atoms with van der Waals surface area (Å²) in [6.07, 6.45) is 3.55. The van der Waals surface area contributed by atoms with Crippen LogP contribution in [0.15, 0.2) is 34.1 Å². The van der Waals surface area contributed by atoms with Crippen molar-refractivity contribution in [2.45, 2.75) is 6.54 Å². The van der Waals surface area contributed by atoms with Crippen LogP contribution in [-0.4, -0.2) is 39.0 Å². The summed E-state index contributed by atoms with van der Waals surface area (Å²) in [5.41, 5.74) is 2.64. The minimum atomic E-state index is -0.602. The Labute approximate surface area is 144 Å². The lowest BCUT2D eigenvalue weighted by Crippen LogP contribution is -2.23. The Bertz CT molecular complexity index is 804. The lowest BCUT2D eigenvalue weighted by Gasteiger charge is -2.06. The van der Waals surface area contributed by atoms with Crippen molar-refractivity contribution < 1.29 is 19.6 Å². The van der Waals surface area contributed by atoms with Gasteiger partial charge in [-0.2, -0.15) is 10.2 Å². The lowest BCUT2D eigenvalue weighted by molar-refractivity contribution is -0.385. The van der Waals surface area contributed by atoms with Crippen LogP contribution in [0.2, 0.25) is 0 Å². The van der Waals surface area contributed by atoms with E-state index in [9.17, 15) is 20.0 Å². The van der Waals surface area contributed by atoms with Crippen molar-refractivity contribution in [1.82, 2.24) is 15.2 Å². The number of hydrogen-bond donors (Lipinski definition) is 2. The standard InChI is InChI=1S/C13H12BrN5O5/c1-24-11-3-8(2-10(14)13(11)21)4-15-17-12(20)7-18-6-9(5-16-18)19(22)23/h2-6,21H,7H2,1H3,(H,17,20)/b15-4-. The molecule has 0 atom stereocenters. The smallest absolute Gasteiger partial charge is 0.307 e. The number of hydrazone groups is 1. The number of benzene rings is 1. The van der Waals surface area contributed by atoms with E-state index in [0.717, 1.165) is 17.1 Å². The van der Waals surface area contributed by atoms with Gasteiger partial charge in [-0.15, -0.1) is 0 Å². The van der Waals surface area contributed by atoms with Gasteiger partial charge in [0.15, 0.2) is 11.5 Å². The average Bonchev–Trinajstić information content (AvgIpc) is 2.99. The number of rotatable bonds is 6. The van der Waals surface area contributed by atoms with Crippen molar-refractivity contribution in [2.24, 2.45) is 5.10 Å². The number of amides is 1. The minimum absolute atomic E-state index is 0.0426. The molecule has 0 bridgehead atoms. The van der Waals surface area contributed by atoms with Crippen molar-refractivity contribution in [3.63, 3.8) is 0 Å². The van der Waals surface area contributed by atoms with Gasteiger partial charge in [0.1, 0.15) is 18.9 Å². The molecular weight excluding hydrogens is 386 g/mol. The highest BCUT2D eigenvalue weighted by atomic mass is 79.9. The van der Waals surface area contributed by atoms with Crippen LogP contribution in [0, 0.1) is 10.1 Å². The van der Waals surface area contributed by atoms with Crippen LogP contribution in [0.5, 0.6) is 11.5 Å². The van der Waals surface area contributed by atoms with E-state index in [4.69, 9.17) is 4.74 Å². The summed E-state index contributed by atoms with van der Waals surface area (Å²) in [6.45, 7) is -0.215. The van der Waals surface area contributed by atoms with Gasteiger partial charge >= 0.3 is 5.69 Å². The molecule has 24 heavy (non-hydrogen) atoms. The molecule has 1 aromatic heterocycles. The second-order valence-electron chi connectivity index (χ2n) is 4.50. The van der Waals surface area contributed by atoms with Gasteiger partial charge in [0.25, 0.3) is 5.91 Å². The number of nitrogens with one attached hydrogen (secondary N) is 1. The molecule has 0 fully saturated rings. The zero-order chi connectivity index (χ0) is 17.7. The molecule has 0 aliphatic carbocycles. The monoisotopic (exact) mass is 397 g/mol. The van der Waals surface area contributed by atoms with E-state index in [-0.39, 0.29) is 23.7 Å². The van der Waals surface area contributed by atoms with E-state index in [0.29, 0.717) is 10.0 Å². The fraction of sp³-hybridized carbons (Fsp3) is 0.154. The highest BCUT2D eigenvalue weighted by molar-refractivity contribution is 9.10. The van der Waals surface area contributed by atoms with Crippen LogP contribution in [0.1, 0.15) is 5.56 Å². The normalized spacial score (nSPS) is 10.8. The van der Waals surface area contributed by atoms with Gasteiger partial charge in [-0.05, 0) is 33.6 Å². The number of phenolic OH excluding ortho intramolecular Hbond substituents is 1. The molecule has 0 aliphatic heterocycles. The van der Waals surface area contributed by atoms with Gasteiger partial charge in [0, 0.05) is 0 Å². The van der Waals surface area contributed by atoms with E-state index in [1.807, 2.05) is 0 Å². The number of aromatic hydroxyl groups is 1. The van der Waals surface area contributed by atoms with Crippen LogP contribution in [-0.2, 0) is 11.3 Å². The van der Waals surface area contributed by atoms with E-state index >= 15 is 0 Å². The average molecular weight is 398 g/mol. The summed E-state index contributed by atoms with van der Waals surface area (Å²) in [4.78, 5) is 21.6. The summed E-state index contributed by atoms with van der Waals surface area (Å²) < 4.78 is 6.54. The van der Waals surface area contributed by atoms with Crippen molar-refractivity contribution >= 4 is 33.7 Å². The molecule has 1 heterocycles. The number of halogens is 1. The van der Waals surface area contributed by atoms with Crippen LogP contribution < -0.4 is 10.2 Å². The summed E-state index contributed by atoms with van der Waals surface area (Å²) in [7, 11) is 1.41. The van der Waals surface area contributed by atoms with Gasteiger partial charge in [-0.1, -0.05) is 0 Å². The fourth-order valence-corrected chi connectivity index (χ4v) is 2.18. The summed E-state index contributed by atoms with van der Waals surface area (Å²) in [5, 5.41) is 27.7. The zero-order valence-corrected chi connectivity index (χ0v) is 13.9. The third kappa shape index (κ3) is 4.29. The number of ether oxygens (including phenoxy) is 1. The second kappa shape index (κ2) is 7.55. The van der Waals surface area contributed by atoms with Gasteiger partial charge in [-0.3, -0.25) is 19.6 Å². The predicted molar refractivity (Wildman–Crippen MR) is 87.0 cm³/mol. The maximum Gasteiger partial charge on any atom is 0.307 e. The Kier molecular flexibility index (Phi) is 5.47. The molecule has 1 amide bonds. The predicted octanol–water partition coefficient (Wildman–Crippen LogP) is 1.42. The van der Waals surface area contributed by atoms with Crippen molar-refractivity contribution in [2.75, 3.05) is 7.11 Å². The maximum atomic E-state index is 11.7. The van der Waals surface area contributed by atoms with Crippen molar-refractivity contribution in [3.05, 3.63) is 44.7 Å². The SMILES string of the molecule is COc1cc(/C=N\NC(=O)Cn2cc([N+](=O)[O-])cn2)cc(Br)c1O. The molecule has 0 saturated carbocycles. The molecule has 2 rings (SSSR count). The number of phenols is 1. The summed E-state index contributed by atoms with van der Waals surface area (Å²) >= 11 is 3.17. The van der Waals surface area contributed by atoms with E-state index in [1.165, 1.54) is 19.4 Å². The number of nitro groups is 1. The van der Waals surface area contributed by atoms with Crippen molar-refractivity contribution in [3.8, 4) is 11.5 Å². The zero-order valence-electron chi connectivity index (χ0n) is 12.3. The first kappa shape index (κ1) is 17.4. The Morgan fingerprint density at radius 2 is 2.38 bits per heavy atom. The summed E-state index contributed by atoms with van der Waals surface area (Å²) in [6, 6.07) is 3.12. The third-order valence-corrected chi connectivity index (χ3v) is 3.41. The number of hydrogen-bond acceptors (Lipinski definition) is 7. The Balaban J connectivity index is 1.97. The van der Waals surface area contributed by atoms with E-state index < -0.39 is 10.8 Å². The maximum absolute atomic E-state index is 11.7. The molecule has 1 aromatic carbocycles. The molecule has 11 heteroatoms. The molecule has 0 radical (unpaired) electrons. The largest absolute Gasteiger partial charge is 0.503 e. The van der Waals surface area contributed by atoms with Crippen LogP contribution in [0.3, 0.4) is 0 Å². The lowest BCUT2D eigenvalue weighted by atomic mass is 10.2. The van der Waals surface area contributed by atoms with E-state index in [1.54, 1.807) is 6.07 Å². The molecule has 0 spiro atoms. The van der Waals surface area contributed by atoms with Crippen LogP contribution in [0.25, 0.3) is 0 Å². The van der Waals surface area contributed by atoms with Gasteiger partial charge in [0.05, 0.1) is 22.7 Å². The topological polar surface area (TPSA) is 132 Å². The Hall–Kier alpha value is -2.95. The van der Waals surface area contributed by atoms with Gasteiger partial charge < -0.3 is 9.84 Å². The number of aromatic nitrogens is 2. The Morgan fingerprint density at radius 1 is 1.62 bits per heavy atom. The van der Waals surface area contributed by atoms with Crippen molar-refractivity contribution in [1.29, 1.82) is 0 Å². The molecule has 0 aliphatic rings. The second-order valence-corrected chi connectivity index (χ2v) is 5.35. The highest BCUT2D eigenvalue weighted by Gasteiger charge is 2.11. The molecule has 0 saturated heterocycles. The van der Waals surface area contributed by atoms with Crippen LogP contribution >= 0.6 is 15.9 Å². The quantitative estimate of drug-likeness (QED) is 0.430. The van der Waals surface area contributed by atoms with Crippen LogP contribution in [0.4, 0.5) is 5.69 Å². The van der Waals surface area contributed by atoms with E-state index in [2.05, 4.69) is 31.6 Å². The minimum Gasteiger partial charge on any atom is -0.503 e. The first-order valence-electron chi connectivity index (χ1n) is 6.46. The van der Waals surface area contributed by atoms with Gasteiger partial charge in [0.2, 0.25) is 0 Å². The molecule has 126 valence electrons. The molecule has 2 N–H and O–H groups in total. The number of carbonyl (C=O) groups is 1.